The van der Waals surface area contributed by atoms with Crippen LogP contribution in [0.3, 0.4) is 0 Å². The van der Waals surface area contributed by atoms with Crippen LogP contribution in [-0.4, -0.2) is 32.6 Å². The fraction of sp³-hybridized carbons (Fsp3) is 0.643. The molecule has 1 aliphatic rings. The third-order valence-electron chi connectivity index (χ3n) is 3.58. The van der Waals surface area contributed by atoms with Gasteiger partial charge < -0.3 is 11.1 Å². The Morgan fingerprint density at radius 2 is 2.30 bits per heavy atom. The molecule has 130 valence electrons. The average Bonchev–Trinajstić information content (AvgIpc) is 2.90. The Morgan fingerprint density at radius 1 is 1.48 bits per heavy atom. The molecule has 1 fully saturated rings. The summed E-state index contributed by atoms with van der Waals surface area (Å²) in [5.41, 5.74) is 6.83. The molecular weight excluding hydrogens is 352 g/mol. The van der Waals surface area contributed by atoms with Gasteiger partial charge in [0.05, 0.1) is 0 Å². The standard InChI is InChI=1S/C14H24N4O2S3/c15-14(18-23(16,19)20)4-6-21-9-11-7-13(22-10-11)8-12-3-1-2-5-17-12/h7,10,12,17H,1-6,8-9H2,(H2,15,18)(H2,16,19,20). The maximum atomic E-state index is 10.8. The Labute approximate surface area is 146 Å². The summed E-state index contributed by atoms with van der Waals surface area (Å²) in [5, 5.41) is 10.6. The zero-order valence-electron chi connectivity index (χ0n) is 13.0. The van der Waals surface area contributed by atoms with E-state index in [9.17, 15) is 8.42 Å². The lowest BCUT2D eigenvalue weighted by Gasteiger charge is -2.22. The van der Waals surface area contributed by atoms with E-state index in [0.29, 0.717) is 12.5 Å². The quantitative estimate of drug-likeness (QED) is 0.363. The van der Waals surface area contributed by atoms with Crippen LogP contribution in [0.5, 0.6) is 0 Å². The lowest BCUT2D eigenvalue weighted by atomic mass is 10.0. The summed E-state index contributed by atoms with van der Waals surface area (Å²) >= 11 is 3.53. The second kappa shape index (κ2) is 9.03. The first-order chi connectivity index (χ1) is 10.9. The number of nitrogens with zero attached hydrogens (tertiary/aromatic N) is 1. The molecule has 5 N–H and O–H groups in total. The van der Waals surface area contributed by atoms with Gasteiger partial charge in [-0.2, -0.15) is 20.2 Å². The smallest absolute Gasteiger partial charge is 0.318 e. The van der Waals surface area contributed by atoms with Crippen LogP contribution in [0.4, 0.5) is 0 Å². The minimum Gasteiger partial charge on any atom is -0.386 e. The van der Waals surface area contributed by atoms with Gasteiger partial charge in [0.1, 0.15) is 5.84 Å². The third kappa shape index (κ3) is 7.67. The molecule has 0 bridgehead atoms. The number of thiophene rings is 1. The van der Waals surface area contributed by atoms with Gasteiger partial charge in [0, 0.05) is 28.8 Å². The number of amidine groups is 1. The van der Waals surface area contributed by atoms with Crippen LogP contribution in [0, 0.1) is 0 Å². The number of nitrogens with two attached hydrogens (primary N) is 2. The van der Waals surface area contributed by atoms with Crippen molar-refractivity contribution in [1.82, 2.24) is 5.32 Å². The van der Waals surface area contributed by atoms with E-state index < -0.39 is 10.2 Å². The Kier molecular flexibility index (Phi) is 7.35. The first-order valence-electron chi connectivity index (χ1n) is 7.67. The van der Waals surface area contributed by atoms with Gasteiger partial charge in [0.2, 0.25) is 0 Å². The first kappa shape index (κ1) is 18.7. The van der Waals surface area contributed by atoms with E-state index in [-0.39, 0.29) is 5.84 Å². The molecule has 0 radical (unpaired) electrons. The fourth-order valence-corrected chi connectivity index (χ4v) is 4.92. The van der Waals surface area contributed by atoms with Crippen LogP contribution >= 0.6 is 23.1 Å². The molecule has 6 nitrogen and oxygen atoms in total. The monoisotopic (exact) mass is 376 g/mol. The number of rotatable bonds is 8. The number of piperidine rings is 1. The number of thioether (sulfide) groups is 1. The van der Waals surface area contributed by atoms with Crippen molar-refractivity contribution >= 4 is 39.1 Å². The molecule has 2 rings (SSSR count). The molecule has 0 aliphatic carbocycles. The number of hydrogen-bond acceptors (Lipinski definition) is 5. The van der Waals surface area contributed by atoms with Gasteiger partial charge in [-0.05, 0) is 42.8 Å². The van der Waals surface area contributed by atoms with Gasteiger partial charge in [0.25, 0.3) is 0 Å². The van der Waals surface area contributed by atoms with Crippen molar-refractivity contribution in [1.29, 1.82) is 0 Å². The lowest BCUT2D eigenvalue weighted by Crippen LogP contribution is -2.35. The Hall–Kier alpha value is -0.610. The molecule has 9 heteroatoms. The maximum absolute atomic E-state index is 10.8. The summed E-state index contributed by atoms with van der Waals surface area (Å²) in [6, 6.07) is 2.90. The van der Waals surface area contributed by atoms with Crippen LogP contribution < -0.4 is 16.2 Å². The normalized spacial score (nSPS) is 19.9. The molecule has 1 aromatic rings. The van der Waals surface area contributed by atoms with Crippen LogP contribution in [0.15, 0.2) is 15.8 Å². The van der Waals surface area contributed by atoms with Crippen molar-refractivity contribution in [2.45, 2.75) is 43.9 Å². The predicted octanol–water partition coefficient (Wildman–Crippen LogP) is 1.62. The van der Waals surface area contributed by atoms with Crippen molar-refractivity contribution in [2.24, 2.45) is 15.3 Å². The highest BCUT2D eigenvalue weighted by molar-refractivity contribution is 7.98. The zero-order valence-corrected chi connectivity index (χ0v) is 15.5. The first-order valence-corrected chi connectivity index (χ1v) is 11.2. The predicted molar refractivity (Wildman–Crippen MR) is 99.2 cm³/mol. The molecular formula is C14H24N4O2S3. The van der Waals surface area contributed by atoms with E-state index in [4.69, 9.17) is 10.9 Å². The summed E-state index contributed by atoms with van der Waals surface area (Å²) in [6.07, 6.45) is 5.42. The van der Waals surface area contributed by atoms with Gasteiger partial charge in [-0.3, -0.25) is 0 Å². The molecule has 1 unspecified atom stereocenters. The van der Waals surface area contributed by atoms with Crippen LogP contribution in [0.2, 0.25) is 0 Å². The molecule has 0 saturated carbocycles. The second-order valence-electron chi connectivity index (χ2n) is 5.67. The Bertz CT molecular complexity index is 622. The zero-order chi connectivity index (χ0) is 16.7. The molecule has 1 saturated heterocycles. The number of nitrogens with one attached hydrogen (secondary N) is 1. The molecule has 1 aliphatic heterocycles. The third-order valence-corrected chi connectivity index (χ3v) is 6.11. The van der Waals surface area contributed by atoms with Crippen molar-refractivity contribution < 1.29 is 8.42 Å². The van der Waals surface area contributed by atoms with Crippen molar-refractivity contribution in [3.05, 3.63) is 21.9 Å². The van der Waals surface area contributed by atoms with E-state index in [1.54, 1.807) is 11.8 Å². The maximum Gasteiger partial charge on any atom is 0.318 e. The summed E-state index contributed by atoms with van der Waals surface area (Å²) in [4.78, 5) is 1.43. The number of hydrogen-bond donors (Lipinski definition) is 3. The molecule has 0 aromatic carbocycles. The van der Waals surface area contributed by atoms with E-state index in [1.165, 1.54) is 29.7 Å². The van der Waals surface area contributed by atoms with Gasteiger partial charge >= 0.3 is 10.2 Å². The average molecular weight is 377 g/mol. The largest absolute Gasteiger partial charge is 0.386 e. The highest BCUT2D eigenvalue weighted by atomic mass is 32.2. The van der Waals surface area contributed by atoms with E-state index in [1.807, 2.05) is 11.3 Å². The molecule has 23 heavy (non-hydrogen) atoms. The molecule has 1 aromatic heterocycles. The summed E-state index contributed by atoms with van der Waals surface area (Å²) in [7, 11) is -3.87. The Balaban J connectivity index is 1.69. The molecule has 0 amide bonds. The van der Waals surface area contributed by atoms with E-state index in [2.05, 4.69) is 21.2 Å². The van der Waals surface area contributed by atoms with Crippen LogP contribution in [0.25, 0.3) is 0 Å². The van der Waals surface area contributed by atoms with Crippen LogP contribution in [-0.2, 0) is 22.4 Å². The molecule has 0 spiro atoms. The lowest BCUT2D eigenvalue weighted by molar-refractivity contribution is 0.401. The minimum absolute atomic E-state index is 0.0642. The van der Waals surface area contributed by atoms with Crippen molar-refractivity contribution in [3.8, 4) is 0 Å². The summed E-state index contributed by atoms with van der Waals surface area (Å²) < 4.78 is 24.8. The highest BCUT2D eigenvalue weighted by Crippen LogP contribution is 2.23. The highest BCUT2D eigenvalue weighted by Gasteiger charge is 2.14. The van der Waals surface area contributed by atoms with E-state index in [0.717, 1.165) is 24.5 Å². The summed E-state index contributed by atoms with van der Waals surface area (Å²) in [5.74, 6) is 1.69. The SMILES string of the molecule is NC(CCSCc1csc(CC2CCCCN2)c1)=NS(N)(=O)=O. The fourth-order valence-electron chi connectivity index (χ4n) is 2.53. The van der Waals surface area contributed by atoms with Crippen LogP contribution in [0.1, 0.15) is 36.1 Å². The van der Waals surface area contributed by atoms with E-state index >= 15 is 0 Å². The Morgan fingerprint density at radius 3 is 3.00 bits per heavy atom. The van der Waals surface area contributed by atoms with Gasteiger partial charge in [-0.15, -0.1) is 15.7 Å². The summed E-state index contributed by atoms with van der Waals surface area (Å²) in [6.45, 7) is 1.14. The van der Waals surface area contributed by atoms with Gasteiger partial charge in [-0.25, -0.2) is 5.14 Å². The van der Waals surface area contributed by atoms with Crippen molar-refractivity contribution in [2.75, 3.05) is 12.3 Å². The molecule has 1 atom stereocenters. The topological polar surface area (TPSA) is 111 Å². The second-order valence-corrected chi connectivity index (χ2v) is 8.99. The molecule has 2 heterocycles. The van der Waals surface area contributed by atoms with Gasteiger partial charge in [0.15, 0.2) is 0 Å². The van der Waals surface area contributed by atoms with Crippen molar-refractivity contribution in [3.63, 3.8) is 0 Å². The minimum atomic E-state index is -3.87. The van der Waals surface area contributed by atoms with Gasteiger partial charge in [-0.1, -0.05) is 6.42 Å².